The molecule has 0 aliphatic rings. The average Bonchev–Trinajstić information content (AvgIpc) is 2.47. The first-order chi connectivity index (χ1) is 9.67. The summed E-state index contributed by atoms with van der Waals surface area (Å²) in [6.45, 7) is 1.98. The lowest BCUT2D eigenvalue weighted by molar-refractivity contribution is 0.414. The highest BCUT2D eigenvalue weighted by atomic mass is 35.5. The van der Waals surface area contributed by atoms with E-state index in [-0.39, 0.29) is 6.04 Å². The van der Waals surface area contributed by atoms with Gasteiger partial charge in [-0.2, -0.15) is 0 Å². The maximum Gasteiger partial charge on any atom is 0.205 e. The lowest BCUT2D eigenvalue weighted by Crippen LogP contribution is -2.14. The van der Waals surface area contributed by atoms with Crippen molar-refractivity contribution in [2.45, 2.75) is 13.0 Å². The lowest BCUT2D eigenvalue weighted by Gasteiger charge is -2.18. The zero-order valence-electron chi connectivity index (χ0n) is 11.2. The molecule has 0 aliphatic carbocycles. The van der Waals surface area contributed by atoms with Crippen LogP contribution in [0, 0.1) is 0 Å². The fourth-order valence-corrected chi connectivity index (χ4v) is 2.18. The van der Waals surface area contributed by atoms with Crippen LogP contribution in [0.4, 0.5) is 11.6 Å². The second-order valence-electron chi connectivity index (χ2n) is 4.14. The maximum absolute atomic E-state index is 6.18. The largest absolute Gasteiger partial charge is 0.490 e. The number of benzene rings is 1. The number of methoxy groups -OCH3 is 1. The Morgan fingerprint density at radius 1 is 1.25 bits per heavy atom. The average molecular weight is 294 g/mol. The molecule has 7 heteroatoms. The summed E-state index contributed by atoms with van der Waals surface area (Å²) in [6.07, 6.45) is 1.40. The zero-order valence-corrected chi connectivity index (χ0v) is 12.0. The van der Waals surface area contributed by atoms with Gasteiger partial charge in [0.05, 0.1) is 13.2 Å². The molecule has 1 aromatic carbocycles. The molecule has 106 valence electrons. The molecule has 2 aromatic rings. The molecular formula is C13H16ClN5O. The number of nitrogens with two attached hydrogens (primary N) is 1. The Balaban J connectivity index is 2.28. The summed E-state index contributed by atoms with van der Waals surface area (Å²) in [5.74, 6) is 6.80. The van der Waals surface area contributed by atoms with Gasteiger partial charge >= 0.3 is 0 Å². The summed E-state index contributed by atoms with van der Waals surface area (Å²) >= 11 is 6.18. The third-order valence-corrected chi connectivity index (χ3v) is 3.21. The number of nitrogens with one attached hydrogen (secondary N) is 2. The smallest absolute Gasteiger partial charge is 0.205 e. The van der Waals surface area contributed by atoms with Gasteiger partial charge in [-0.3, -0.25) is 0 Å². The molecule has 0 radical (unpaired) electrons. The number of hydrogen-bond acceptors (Lipinski definition) is 6. The van der Waals surface area contributed by atoms with E-state index >= 15 is 0 Å². The lowest BCUT2D eigenvalue weighted by atomic mass is 10.1. The predicted octanol–water partition coefficient (Wildman–Crippen LogP) is 2.60. The highest BCUT2D eigenvalue weighted by Gasteiger charge is 2.15. The van der Waals surface area contributed by atoms with E-state index in [1.54, 1.807) is 0 Å². The van der Waals surface area contributed by atoms with Crippen molar-refractivity contribution in [2.75, 3.05) is 17.9 Å². The summed E-state index contributed by atoms with van der Waals surface area (Å²) in [5, 5.41) is 3.93. The van der Waals surface area contributed by atoms with Gasteiger partial charge in [-0.05, 0) is 18.6 Å². The monoisotopic (exact) mass is 293 g/mol. The number of hydrazine groups is 1. The molecule has 0 amide bonds. The highest BCUT2D eigenvalue weighted by Crippen LogP contribution is 2.32. The van der Waals surface area contributed by atoms with Crippen molar-refractivity contribution in [3.8, 4) is 5.75 Å². The van der Waals surface area contributed by atoms with Crippen LogP contribution < -0.4 is 21.3 Å². The van der Waals surface area contributed by atoms with Gasteiger partial charge in [0.25, 0.3) is 0 Å². The minimum Gasteiger partial charge on any atom is -0.490 e. The van der Waals surface area contributed by atoms with Crippen LogP contribution in [0.5, 0.6) is 5.75 Å². The van der Waals surface area contributed by atoms with Crippen molar-refractivity contribution < 1.29 is 4.74 Å². The Labute approximate surface area is 122 Å². The summed E-state index contributed by atoms with van der Waals surface area (Å²) in [4.78, 5) is 8.16. The van der Waals surface area contributed by atoms with Crippen molar-refractivity contribution in [1.82, 2.24) is 9.97 Å². The van der Waals surface area contributed by atoms with Crippen molar-refractivity contribution in [3.05, 3.63) is 41.2 Å². The number of aromatic nitrogens is 2. The van der Waals surface area contributed by atoms with Gasteiger partial charge in [-0.25, -0.2) is 15.8 Å². The quantitative estimate of drug-likeness (QED) is 0.580. The van der Waals surface area contributed by atoms with Crippen LogP contribution in [0.2, 0.25) is 5.02 Å². The van der Waals surface area contributed by atoms with Gasteiger partial charge in [-0.15, -0.1) is 0 Å². The Bertz CT molecular complexity index is 593. The number of nitrogen functional groups attached to an aromatic ring is 1. The fraction of sp³-hybridized carbons (Fsp3) is 0.231. The third kappa shape index (κ3) is 2.92. The maximum atomic E-state index is 6.18. The minimum absolute atomic E-state index is 0.0434. The molecule has 1 aromatic heterocycles. The highest BCUT2D eigenvalue weighted by molar-refractivity contribution is 6.31. The Hall–Kier alpha value is -2.05. The molecule has 2 rings (SSSR count). The van der Waals surface area contributed by atoms with E-state index in [1.807, 2.05) is 31.2 Å². The third-order valence-electron chi connectivity index (χ3n) is 2.87. The number of ether oxygens (including phenoxy) is 1. The van der Waals surface area contributed by atoms with E-state index in [1.165, 1.54) is 13.4 Å². The molecule has 6 nitrogen and oxygen atoms in total. The topological polar surface area (TPSA) is 85.1 Å². The Morgan fingerprint density at radius 2 is 1.95 bits per heavy atom. The first-order valence-electron chi connectivity index (χ1n) is 6.04. The van der Waals surface area contributed by atoms with E-state index in [4.69, 9.17) is 22.2 Å². The van der Waals surface area contributed by atoms with Crippen molar-refractivity contribution in [3.63, 3.8) is 0 Å². The van der Waals surface area contributed by atoms with Gasteiger partial charge in [0.1, 0.15) is 6.33 Å². The molecule has 0 saturated carbocycles. The number of halogens is 1. The Kier molecular flexibility index (Phi) is 4.60. The van der Waals surface area contributed by atoms with Crippen LogP contribution in [0.1, 0.15) is 18.5 Å². The van der Waals surface area contributed by atoms with Crippen molar-refractivity contribution in [2.24, 2.45) is 5.84 Å². The molecule has 0 fully saturated rings. The number of anilines is 2. The number of hydrogen-bond donors (Lipinski definition) is 3. The molecule has 1 heterocycles. The van der Waals surface area contributed by atoms with Crippen LogP contribution in [0.25, 0.3) is 0 Å². The second-order valence-corrected chi connectivity index (χ2v) is 4.54. The predicted molar refractivity (Wildman–Crippen MR) is 79.9 cm³/mol. The van der Waals surface area contributed by atoms with Crippen LogP contribution in [0.3, 0.4) is 0 Å². The SMILES string of the molecule is COc1c(NN)ncnc1NC(C)c1ccccc1Cl. The molecular weight excluding hydrogens is 278 g/mol. The normalized spacial score (nSPS) is 11.8. The van der Waals surface area contributed by atoms with E-state index < -0.39 is 0 Å². The van der Waals surface area contributed by atoms with E-state index in [2.05, 4.69) is 20.7 Å². The fourth-order valence-electron chi connectivity index (χ4n) is 1.88. The standard InChI is InChI=1S/C13H16ClN5O/c1-8(9-5-3-4-6-10(9)14)18-12-11(20-2)13(19-15)17-7-16-12/h3-8H,15H2,1-2H3,(H2,16,17,18,19). The van der Waals surface area contributed by atoms with Gasteiger partial charge in [-0.1, -0.05) is 29.8 Å². The number of nitrogens with zero attached hydrogens (tertiary/aromatic N) is 2. The van der Waals surface area contributed by atoms with Crippen LogP contribution >= 0.6 is 11.6 Å². The molecule has 0 aliphatic heterocycles. The number of rotatable bonds is 5. The molecule has 0 bridgehead atoms. The first kappa shape index (κ1) is 14.4. The van der Waals surface area contributed by atoms with Crippen LogP contribution in [0.15, 0.2) is 30.6 Å². The molecule has 4 N–H and O–H groups in total. The van der Waals surface area contributed by atoms with E-state index in [0.717, 1.165) is 5.56 Å². The van der Waals surface area contributed by atoms with Gasteiger partial charge in [0.15, 0.2) is 11.6 Å². The molecule has 1 atom stereocenters. The van der Waals surface area contributed by atoms with Crippen molar-refractivity contribution in [1.29, 1.82) is 0 Å². The molecule has 20 heavy (non-hydrogen) atoms. The van der Waals surface area contributed by atoms with Gasteiger partial charge < -0.3 is 15.5 Å². The summed E-state index contributed by atoms with van der Waals surface area (Å²) in [5.41, 5.74) is 3.44. The van der Waals surface area contributed by atoms with Crippen molar-refractivity contribution >= 4 is 23.2 Å². The zero-order chi connectivity index (χ0) is 14.5. The molecule has 0 spiro atoms. The summed E-state index contributed by atoms with van der Waals surface area (Å²) in [7, 11) is 1.53. The Morgan fingerprint density at radius 3 is 2.60 bits per heavy atom. The second kappa shape index (κ2) is 6.40. The summed E-state index contributed by atoms with van der Waals surface area (Å²) < 4.78 is 5.27. The van der Waals surface area contributed by atoms with Gasteiger partial charge in [0.2, 0.25) is 5.75 Å². The molecule has 0 saturated heterocycles. The first-order valence-corrected chi connectivity index (χ1v) is 6.41. The van der Waals surface area contributed by atoms with Crippen LogP contribution in [-0.2, 0) is 0 Å². The van der Waals surface area contributed by atoms with Gasteiger partial charge in [0, 0.05) is 5.02 Å². The molecule has 1 unspecified atom stereocenters. The van der Waals surface area contributed by atoms with E-state index in [9.17, 15) is 0 Å². The van der Waals surface area contributed by atoms with Crippen LogP contribution in [-0.4, -0.2) is 17.1 Å². The minimum atomic E-state index is -0.0434. The summed E-state index contributed by atoms with van der Waals surface area (Å²) in [6, 6.07) is 7.58. The van der Waals surface area contributed by atoms with E-state index in [0.29, 0.717) is 22.4 Å².